The minimum Gasteiger partial charge on any atom is -0.201 e. The Kier molecular flexibility index (Phi) is 4.12. The predicted molar refractivity (Wildman–Crippen MR) is 104 cm³/mol. The molecule has 0 saturated carbocycles. The van der Waals surface area contributed by atoms with Gasteiger partial charge in [-0.2, -0.15) is 0 Å². The number of pyridine rings is 1. The molecule has 0 aliphatic heterocycles. The van der Waals surface area contributed by atoms with E-state index in [0.29, 0.717) is 6.04 Å². The van der Waals surface area contributed by atoms with Gasteiger partial charge in [-0.3, -0.25) is 0 Å². The molecular weight excluding hydrogens is 298 g/mol. The van der Waals surface area contributed by atoms with E-state index in [1.807, 2.05) is 6.07 Å². The molecule has 2 aromatic rings. The summed E-state index contributed by atoms with van der Waals surface area (Å²) in [5, 5.41) is 2.71. The molecule has 3 heteroatoms. The summed E-state index contributed by atoms with van der Waals surface area (Å²) in [7, 11) is -0.667. The summed E-state index contributed by atoms with van der Waals surface area (Å²) >= 11 is 0. The number of aryl methyl sites for hydroxylation is 2. The summed E-state index contributed by atoms with van der Waals surface area (Å²) in [5.41, 5.74) is 3.68. The van der Waals surface area contributed by atoms with Gasteiger partial charge in [0.15, 0.2) is 6.20 Å². The molecule has 0 atom stereocenters. The first-order chi connectivity index (χ1) is 10.4. The lowest BCUT2D eigenvalue weighted by atomic mass is 10.1. The largest absolute Gasteiger partial charge is 0.212 e. The van der Waals surface area contributed by atoms with Gasteiger partial charge < -0.3 is 0 Å². The smallest absolute Gasteiger partial charge is 0.201 e. The Hall–Kier alpha value is -1.20. The molecule has 0 spiro atoms. The lowest BCUT2D eigenvalue weighted by Gasteiger charge is -2.18. The zero-order valence-electron chi connectivity index (χ0n) is 16.3. The van der Waals surface area contributed by atoms with Crippen LogP contribution < -0.4 is 14.9 Å². The minimum absolute atomic E-state index is 0.686. The molecule has 22 heavy (non-hydrogen) atoms. The van der Waals surface area contributed by atoms with Crippen LogP contribution in [-0.4, -0.2) is 16.1 Å². The molecular formula is C19H30NSi2+. The van der Waals surface area contributed by atoms with Gasteiger partial charge in [-0.15, -0.1) is 0 Å². The van der Waals surface area contributed by atoms with Gasteiger partial charge in [-0.1, -0.05) is 62.6 Å². The van der Waals surface area contributed by atoms with Crippen molar-refractivity contribution >= 4 is 26.5 Å². The molecule has 0 radical (unpaired) electrons. The Morgan fingerprint density at radius 1 is 0.909 bits per heavy atom. The zero-order valence-corrected chi connectivity index (χ0v) is 17.3. The fourth-order valence-corrected chi connectivity index (χ4v) is 4.96. The van der Waals surface area contributed by atoms with E-state index >= 15 is 0 Å². The van der Waals surface area contributed by atoms with Crippen LogP contribution in [-0.2, 0) is 7.05 Å². The van der Waals surface area contributed by atoms with Gasteiger partial charge in [0.1, 0.15) is 7.05 Å². The molecule has 1 heterocycles. The van der Waals surface area contributed by atoms with Gasteiger partial charge in [0.25, 0.3) is 0 Å². The van der Waals surface area contributed by atoms with Crippen LogP contribution in [0.2, 0.25) is 39.3 Å². The SMILES string of the molecule is [2H]c1cc(-c2ccc([Si](C)(C)C)cc2C)[n+](C)cc1[Si](C)(C)C. The first kappa shape index (κ1) is 15.7. The van der Waals surface area contributed by atoms with E-state index in [4.69, 9.17) is 1.37 Å². The van der Waals surface area contributed by atoms with Crippen LogP contribution in [0.15, 0.2) is 36.5 Å². The van der Waals surface area contributed by atoms with Crippen molar-refractivity contribution in [2.45, 2.75) is 46.2 Å². The molecule has 0 aliphatic rings. The highest BCUT2D eigenvalue weighted by atomic mass is 28.3. The minimum atomic E-state index is -1.48. The van der Waals surface area contributed by atoms with Gasteiger partial charge >= 0.3 is 0 Å². The van der Waals surface area contributed by atoms with E-state index in [0.717, 1.165) is 5.69 Å². The van der Waals surface area contributed by atoms with E-state index in [-0.39, 0.29) is 0 Å². The molecule has 1 aromatic heterocycles. The maximum Gasteiger partial charge on any atom is 0.212 e. The van der Waals surface area contributed by atoms with Crippen LogP contribution in [0.4, 0.5) is 0 Å². The quantitative estimate of drug-likeness (QED) is 0.599. The second-order valence-corrected chi connectivity index (χ2v) is 18.5. The second kappa shape index (κ2) is 5.78. The Labute approximate surface area is 139 Å². The lowest BCUT2D eigenvalue weighted by Crippen LogP contribution is -2.45. The first-order valence-electron chi connectivity index (χ1n) is 8.53. The summed E-state index contributed by atoms with van der Waals surface area (Å²) in [5.74, 6) is 0. The van der Waals surface area contributed by atoms with Crippen molar-refractivity contribution in [2.75, 3.05) is 0 Å². The number of benzene rings is 1. The number of hydrogen-bond donors (Lipinski definition) is 0. The second-order valence-electron chi connectivity index (χ2n) is 8.36. The van der Waals surface area contributed by atoms with E-state index in [1.165, 1.54) is 21.5 Å². The van der Waals surface area contributed by atoms with Crippen molar-refractivity contribution in [3.8, 4) is 11.3 Å². The van der Waals surface area contributed by atoms with Crippen LogP contribution in [0.3, 0.4) is 0 Å². The third-order valence-electron chi connectivity index (χ3n) is 4.24. The maximum atomic E-state index is 8.45. The third kappa shape index (κ3) is 3.58. The fourth-order valence-electron chi connectivity index (χ4n) is 2.64. The van der Waals surface area contributed by atoms with Gasteiger partial charge in [0.2, 0.25) is 5.69 Å². The molecule has 0 N–H and O–H groups in total. The molecule has 0 saturated heterocycles. The maximum absolute atomic E-state index is 8.45. The van der Waals surface area contributed by atoms with Gasteiger partial charge in [-0.25, -0.2) is 4.57 Å². The molecule has 0 bridgehead atoms. The van der Waals surface area contributed by atoms with E-state index in [2.05, 4.69) is 82.2 Å². The Bertz CT molecular complexity index is 740. The Morgan fingerprint density at radius 3 is 2.00 bits per heavy atom. The molecule has 0 unspecified atom stereocenters. The topological polar surface area (TPSA) is 3.88 Å². The Balaban J connectivity index is 2.58. The van der Waals surface area contributed by atoms with Crippen molar-refractivity contribution in [3.63, 3.8) is 0 Å². The van der Waals surface area contributed by atoms with Crippen LogP contribution in [0.5, 0.6) is 0 Å². The van der Waals surface area contributed by atoms with Crippen molar-refractivity contribution < 1.29 is 5.94 Å². The molecule has 0 aliphatic carbocycles. The molecule has 1 aromatic carbocycles. The molecule has 2 rings (SSSR count). The average molecular weight is 330 g/mol. The van der Waals surface area contributed by atoms with Crippen molar-refractivity contribution in [2.24, 2.45) is 7.05 Å². The normalized spacial score (nSPS) is 13.2. The highest BCUT2D eigenvalue weighted by molar-refractivity contribution is 6.89. The van der Waals surface area contributed by atoms with E-state index in [9.17, 15) is 0 Å². The Morgan fingerprint density at radius 2 is 1.50 bits per heavy atom. The summed E-state index contributed by atoms with van der Waals surface area (Å²) in [6, 6.07) is 9.60. The summed E-state index contributed by atoms with van der Waals surface area (Å²) in [4.78, 5) is 0. The number of rotatable bonds is 3. The molecule has 118 valence electrons. The number of aromatic nitrogens is 1. The number of hydrogen-bond acceptors (Lipinski definition) is 0. The van der Waals surface area contributed by atoms with Gasteiger partial charge in [0.05, 0.1) is 17.5 Å². The molecule has 1 nitrogen and oxygen atoms in total. The third-order valence-corrected chi connectivity index (χ3v) is 8.18. The first-order valence-corrected chi connectivity index (χ1v) is 15.0. The monoisotopic (exact) mass is 329 g/mol. The molecule has 0 amide bonds. The van der Waals surface area contributed by atoms with Crippen molar-refractivity contribution in [1.29, 1.82) is 0 Å². The van der Waals surface area contributed by atoms with Gasteiger partial charge in [0, 0.05) is 16.8 Å². The predicted octanol–water partition coefficient (Wildman–Crippen LogP) is 3.58. The number of nitrogens with zero attached hydrogens (tertiary/aromatic N) is 1. The highest BCUT2D eigenvalue weighted by Gasteiger charge is 2.23. The van der Waals surface area contributed by atoms with Crippen LogP contribution >= 0.6 is 0 Å². The highest BCUT2D eigenvalue weighted by Crippen LogP contribution is 2.20. The summed E-state index contributed by atoms with van der Waals surface area (Å²) in [6.45, 7) is 16.2. The van der Waals surface area contributed by atoms with Crippen molar-refractivity contribution in [3.05, 3.63) is 42.1 Å². The molecule has 0 fully saturated rings. The summed E-state index contributed by atoms with van der Waals surface area (Å²) in [6.07, 6.45) is 2.18. The van der Waals surface area contributed by atoms with Crippen molar-refractivity contribution in [1.82, 2.24) is 0 Å². The van der Waals surface area contributed by atoms with Crippen LogP contribution in [0, 0.1) is 6.92 Å². The average Bonchev–Trinajstić information content (AvgIpc) is 2.39. The standard InChI is InChI=1S/C19H30NSi2/c1-15-13-16(21(3,4)5)9-11-18(15)19-12-10-17(14-20(19)2)22(6,7)8/h9-14H,1-8H3/q+1/i10D. The van der Waals surface area contributed by atoms with Gasteiger partial charge in [-0.05, 0) is 18.6 Å². The van der Waals surface area contributed by atoms with Crippen LogP contribution in [0.25, 0.3) is 11.3 Å². The summed E-state index contributed by atoms with van der Waals surface area (Å²) < 4.78 is 10.7. The van der Waals surface area contributed by atoms with E-state index in [1.54, 1.807) is 0 Å². The van der Waals surface area contributed by atoms with E-state index < -0.39 is 16.1 Å². The zero-order chi connectivity index (χ0) is 17.6. The lowest BCUT2D eigenvalue weighted by molar-refractivity contribution is -0.659. The fraction of sp³-hybridized carbons (Fsp3) is 0.421. The van der Waals surface area contributed by atoms with Crippen LogP contribution in [0.1, 0.15) is 6.93 Å².